The summed E-state index contributed by atoms with van der Waals surface area (Å²) in [6, 6.07) is 7.25. The van der Waals surface area contributed by atoms with Gasteiger partial charge >= 0.3 is 5.97 Å². The van der Waals surface area contributed by atoms with E-state index in [1.165, 1.54) is 0 Å². The minimum Gasteiger partial charge on any atom is -0.465 e. The molecule has 2 rings (SSSR count). The predicted molar refractivity (Wildman–Crippen MR) is 124 cm³/mol. The maximum Gasteiger partial charge on any atom is 0.314 e. The Morgan fingerprint density at radius 1 is 0.742 bits per heavy atom. The highest BCUT2D eigenvalue weighted by Gasteiger charge is 2.45. The van der Waals surface area contributed by atoms with Crippen LogP contribution >= 0.6 is 7.14 Å². The molecule has 166 valence electrons. The second kappa shape index (κ2) is 9.74. The fourth-order valence-electron chi connectivity index (χ4n) is 4.08. The van der Waals surface area contributed by atoms with E-state index in [9.17, 15) is 18.9 Å². The van der Waals surface area contributed by atoms with Crippen LogP contribution in [0, 0.1) is 41.5 Å². The van der Waals surface area contributed by atoms with E-state index in [1.807, 2.05) is 45.0 Å². The molecule has 0 N–H and O–H groups in total. The summed E-state index contributed by atoms with van der Waals surface area (Å²) in [6.07, 6.45) is -0.144. The van der Waals surface area contributed by atoms with Crippen molar-refractivity contribution in [1.82, 2.24) is 0 Å². The number of carbonyl (C=O) groups excluding carboxylic acids is 3. The van der Waals surface area contributed by atoms with E-state index in [0.29, 0.717) is 28.7 Å². The fraction of sp³-hybridized carbons (Fsp3) is 0.400. The van der Waals surface area contributed by atoms with Gasteiger partial charge in [-0.1, -0.05) is 42.3 Å². The van der Waals surface area contributed by atoms with Crippen LogP contribution in [0.4, 0.5) is 0 Å². The lowest BCUT2D eigenvalue weighted by molar-refractivity contribution is -0.140. The highest BCUT2D eigenvalue weighted by molar-refractivity contribution is 7.96. The molecule has 31 heavy (non-hydrogen) atoms. The van der Waals surface area contributed by atoms with E-state index in [0.717, 1.165) is 11.1 Å². The second-order valence-electron chi connectivity index (χ2n) is 8.28. The first kappa shape index (κ1) is 24.7. The predicted octanol–water partition coefficient (Wildman–Crippen LogP) is 5.83. The van der Waals surface area contributed by atoms with Crippen molar-refractivity contribution >= 4 is 24.2 Å². The average Bonchev–Trinajstić information content (AvgIpc) is 2.64. The number of ether oxygens (including phenoxy) is 1. The van der Waals surface area contributed by atoms with E-state index >= 15 is 0 Å². The summed E-state index contributed by atoms with van der Waals surface area (Å²) in [4.78, 5) is 39.7. The Balaban J connectivity index is 2.68. The zero-order chi connectivity index (χ0) is 23.5. The average molecular weight is 442 g/mol. The molecule has 2 aromatic carbocycles. The third-order valence-corrected chi connectivity index (χ3v) is 7.72. The van der Waals surface area contributed by atoms with Crippen LogP contribution in [-0.4, -0.2) is 29.8 Å². The van der Waals surface area contributed by atoms with Crippen molar-refractivity contribution in [2.75, 3.05) is 12.8 Å². The molecular formula is C25H31O5P. The summed E-state index contributed by atoms with van der Waals surface area (Å²) in [7, 11) is -4.33. The molecule has 0 aliphatic carbocycles. The van der Waals surface area contributed by atoms with Crippen LogP contribution in [-0.2, 0) is 14.1 Å². The van der Waals surface area contributed by atoms with Crippen molar-refractivity contribution in [3.63, 3.8) is 0 Å². The minimum absolute atomic E-state index is 0.145. The molecule has 0 aliphatic heterocycles. The zero-order valence-electron chi connectivity index (χ0n) is 19.4. The Hall–Kier alpha value is -2.52. The van der Waals surface area contributed by atoms with E-state index in [2.05, 4.69) is 0 Å². The lowest BCUT2D eigenvalue weighted by Crippen LogP contribution is -2.22. The molecular weight excluding hydrogens is 411 g/mol. The summed E-state index contributed by atoms with van der Waals surface area (Å²) < 4.78 is 19.3. The SMILES string of the molecule is CCCOC(=O)CP(=O)(C(=O)c1c(C)cc(C)cc1C)C(=O)c1c(C)cc(C)cc1C. The highest BCUT2D eigenvalue weighted by atomic mass is 31.2. The first-order chi connectivity index (χ1) is 14.4. The van der Waals surface area contributed by atoms with Gasteiger partial charge in [0.15, 0.2) is 0 Å². The lowest BCUT2D eigenvalue weighted by Gasteiger charge is -2.20. The summed E-state index contributed by atoms with van der Waals surface area (Å²) >= 11 is 0. The maximum atomic E-state index is 14.2. The van der Waals surface area contributed by atoms with Crippen molar-refractivity contribution in [3.05, 3.63) is 68.8 Å². The standard InChI is InChI=1S/C25H31O5P/c1-8-9-30-21(26)14-31(29,24(27)22-17(4)10-15(2)11-18(22)5)25(28)23-19(6)12-16(3)13-20(23)7/h10-13H,8-9,14H2,1-7H3. The molecule has 0 saturated heterocycles. The highest BCUT2D eigenvalue weighted by Crippen LogP contribution is 2.53. The molecule has 0 unspecified atom stereocenters. The topological polar surface area (TPSA) is 77.5 Å². The minimum atomic E-state index is -4.33. The number of esters is 1. The van der Waals surface area contributed by atoms with Crippen molar-refractivity contribution in [2.45, 2.75) is 54.9 Å². The molecule has 0 amide bonds. The third-order valence-electron chi connectivity index (χ3n) is 5.26. The monoisotopic (exact) mass is 442 g/mol. The van der Waals surface area contributed by atoms with Crippen LogP contribution in [0.5, 0.6) is 0 Å². The Morgan fingerprint density at radius 2 is 1.10 bits per heavy atom. The molecule has 0 radical (unpaired) electrons. The Bertz CT molecular complexity index is 978. The van der Waals surface area contributed by atoms with Crippen LogP contribution in [0.25, 0.3) is 0 Å². The van der Waals surface area contributed by atoms with Gasteiger partial charge in [-0.25, -0.2) is 0 Å². The molecule has 5 nitrogen and oxygen atoms in total. The normalized spacial score (nSPS) is 11.3. The van der Waals surface area contributed by atoms with Crippen molar-refractivity contribution in [2.24, 2.45) is 0 Å². The van der Waals surface area contributed by atoms with Gasteiger partial charge in [-0.2, -0.15) is 0 Å². The van der Waals surface area contributed by atoms with Gasteiger partial charge in [-0.15, -0.1) is 0 Å². The largest absolute Gasteiger partial charge is 0.465 e. The van der Waals surface area contributed by atoms with Crippen LogP contribution < -0.4 is 0 Å². The van der Waals surface area contributed by atoms with E-state index in [-0.39, 0.29) is 17.7 Å². The molecule has 6 heteroatoms. The van der Waals surface area contributed by atoms with Gasteiger partial charge < -0.3 is 9.30 Å². The van der Waals surface area contributed by atoms with Gasteiger partial charge in [0.05, 0.1) is 6.61 Å². The van der Waals surface area contributed by atoms with Crippen molar-refractivity contribution in [1.29, 1.82) is 0 Å². The third kappa shape index (κ3) is 5.22. The number of rotatable bonds is 8. The molecule has 0 heterocycles. The maximum absolute atomic E-state index is 14.2. The van der Waals surface area contributed by atoms with Gasteiger partial charge in [0.25, 0.3) is 0 Å². The van der Waals surface area contributed by atoms with Gasteiger partial charge in [-0.05, 0) is 70.2 Å². The molecule has 0 aromatic heterocycles. The molecule has 0 atom stereocenters. The fourth-order valence-corrected chi connectivity index (χ4v) is 6.43. The second-order valence-corrected chi connectivity index (χ2v) is 10.9. The van der Waals surface area contributed by atoms with Gasteiger partial charge in [0.1, 0.15) is 6.16 Å². The van der Waals surface area contributed by atoms with Gasteiger partial charge in [0, 0.05) is 11.1 Å². The number of hydrogen-bond acceptors (Lipinski definition) is 5. The molecule has 0 fully saturated rings. The van der Waals surface area contributed by atoms with Crippen LogP contribution in [0.3, 0.4) is 0 Å². The van der Waals surface area contributed by atoms with E-state index < -0.39 is 30.3 Å². The number of benzene rings is 2. The van der Waals surface area contributed by atoms with Crippen LogP contribution in [0.2, 0.25) is 0 Å². The summed E-state index contributed by atoms with van der Waals surface area (Å²) in [6.45, 7) is 12.8. The van der Waals surface area contributed by atoms with Crippen molar-refractivity contribution in [3.8, 4) is 0 Å². The summed E-state index contributed by atoms with van der Waals surface area (Å²) in [5.41, 5.74) is 3.39. The van der Waals surface area contributed by atoms with Gasteiger partial charge in [-0.3, -0.25) is 14.4 Å². The van der Waals surface area contributed by atoms with E-state index in [4.69, 9.17) is 4.74 Å². The molecule has 0 bridgehead atoms. The molecule has 2 aromatic rings. The Morgan fingerprint density at radius 3 is 1.42 bits per heavy atom. The first-order valence-electron chi connectivity index (χ1n) is 10.4. The molecule has 0 saturated carbocycles. The smallest absolute Gasteiger partial charge is 0.314 e. The van der Waals surface area contributed by atoms with Crippen molar-refractivity contribution < 1.29 is 23.7 Å². The molecule has 0 aliphatic rings. The quantitative estimate of drug-likeness (QED) is 0.379. The van der Waals surface area contributed by atoms with E-state index in [1.54, 1.807) is 27.7 Å². The molecule has 0 spiro atoms. The lowest BCUT2D eigenvalue weighted by atomic mass is 10.0. The number of hydrogen-bond donors (Lipinski definition) is 0. The summed E-state index contributed by atoms with van der Waals surface area (Å²) in [5, 5.41) is 0. The van der Waals surface area contributed by atoms with Crippen LogP contribution in [0.1, 0.15) is 67.4 Å². The van der Waals surface area contributed by atoms with Gasteiger partial charge in [0.2, 0.25) is 18.2 Å². The Kier molecular flexibility index (Phi) is 7.77. The first-order valence-corrected chi connectivity index (χ1v) is 12.3. The summed E-state index contributed by atoms with van der Waals surface area (Å²) in [5.74, 6) is -0.795. The number of aryl methyl sites for hydroxylation is 6. The number of carbonyl (C=O) groups is 3. The zero-order valence-corrected chi connectivity index (χ0v) is 20.3. The Labute approximate surface area is 184 Å². The van der Waals surface area contributed by atoms with Crippen LogP contribution in [0.15, 0.2) is 24.3 Å².